The first kappa shape index (κ1) is 33.6. The first-order valence-electron chi connectivity index (χ1n) is 18.8. The molecule has 10 aromatic rings. The van der Waals surface area contributed by atoms with Crippen molar-refractivity contribution in [3.63, 3.8) is 0 Å². The van der Waals surface area contributed by atoms with Gasteiger partial charge < -0.3 is 4.42 Å². The Bertz CT molecular complexity index is 3100. The molecule has 10 rings (SSSR count). The second-order valence-corrected chi connectivity index (χ2v) is 14.0. The van der Waals surface area contributed by atoms with Gasteiger partial charge in [0.05, 0.1) is 11.6 Å². The Morgan fingerprint density at radius 1 is 0.351 bits per heavy atom. The molecule has 0 saturated carbocycles. The summed E-state index contributed by atoms with van der Waals surface area (Å²) < 4.78 is 6.52. The molecule has 0 aliphatic carbocycles. The Hall–Kier alpha value is -7.94. The van der Waals surface area contributed by atoms with Crippen LogP contribution < -0.4 is 0 Å². The Balaban J connectivity index is 1.03. The lowest BCUT2D eigenvalue weighted by Gasteiger charge is -2.10. The molecule has 2 heterocycles. The van der Waals surface area contributed by atoms with E-state index in [1.807, 2.05) is 97.1 Å². The monoisotopic (exact) mass is 728 g/mol. The highest BCUT2D eigenvalue weighted by atomic mass is 16.3. The summed E-state index contributed by atoms with van der Waals surface area (Å²) in [5.74, 6) is 1.70. The molecule has 0 radical (unpaired) electrons. The van der Waals surface area contributed by atoms with E-state index in [1.165, 1.54) is 11.1 Å². The van der Waals surface area contributed by atoms with Crippen LogP contribution in [0.1, 0.15) is 5.56 Å². The van der Waals surface area contributed by atoms with Gasteiger partial charge in [0.25, 0.3) is 0 Å². The van der Waals surface area contributed by atoms with E-state index in [4.69, 9.17) is 19.4 Å². The van der Waals surface area contributed by atoms with E-state index < -0.39 is 0 Å². The van der Waals surface area contributed by atoms with Gasteiger partial charge in [0.2, 0.25) is 0 Å². The maximum Gasteiger partial charge on any atom is 0.164 e. The zero-order valence-electron chi connectivity index (χ0n) is 30.7. The van der Waals surface area contributed by atoms with E-state index in [0.717, 1.165) is 72.0 Å². The van der Waals surface area contributed by atoms with E-state index in [9.17, 15) is 5.26 Å². The molecule has 0 N–H and O–H groups in total. The number of hydrogen-bond acceptors (Lipinski definition) is 5. The molecule has 0 spiro atoms. The molecule has 5 nitrogen and oxygen atoms in total. The van der Waals surface area contributed by atoms with Gasteiger partial charge in [-0.25, -0.2) is 15.0 Å². The molecule has 0 fully saturated rings. The normalized spacial score (nSPS) is 11.1. The summed E-state index contributed by atoms with van der Waals surface area (Å²) in [5, 5.41) is 11.9. The van der Waals surface area contributed by atoms with Crippen molar-refractivity contribution >= 4 is 21.9 Å². The summed E-state index contributed by atoms with van der Waals surface area (Å²) in [7, 11) is 0. The van der Waals surface area contributed by atoms with E-state index >= 15 is 0 Å². The van der Waals surface area contributed by atoms with Crippen LogP contribution in [0.5, 0.6) is 0 Å². The molecule has 8 aromatic carbocycles. The lowest BCUT2D eigenvalue weighted by molar-refractivity contribution is 0.669. The van der Waals surface area contributed by atoms with Crippen molar-refractivity contribution in [2.45, 2.75) is 0 Å². The Morgan fingerprint density at radius 3 is 1.40 bits per heavy atom. The van der Waals surface area contributed by atoms with E-state index in [2.05, 4.69) is 103 Å². The summed E-state index contributed by atoms with van der Waals surface area (Å²) in [6.45, 7) is 0. The van der Waals surface area contributed by atoms with Gasteiger partial charge in [-0.05, 0) is 80.9 Å². The third kappa shape index (κ3) is 6.52. The minimum atomic E-state index is 0.552. The molecule has 0 aliphatic rings. The topological polar surface area (TPSA) is 75.6 Å². The maximum atomic E-state index is 9.83. The zero-order valence-corrected chi connectivity index (χ0v) is 30.7. The second kappa shape index (κ2) is 14.4. The smallest absolute Gasteiger partial charge is 0.164 e. The fourth-order valence-electron chi connectivity index (χ4n) is 7.50. The van der Waals surface area contributed by atoms with Gasteiger partial charge >= 0.3 is 0 Å². The van der Waals surface area contributed by atoms with E-state index in [1.54, 1.807) is 0 Å². The van der Waals surface area contributed by atoms with Gasteiger partial charge in [-0.1, -0.05) is 158 Å². The third-order valence-electron chi connectivity index (χ3n) is 10.4. The van der Waals surface area contributed by atoms with E-state index in [-0.39, 0.29) is 0 Å². The molecule has 0 unspecified atom stereocenters. The van der Waals surface area contributed by atoms with Gasteiger partial charge in [0.1, 0.15) is 11.2 Å². The van der Waals surface area contributed by atoms with Crippen molar-refractivity contribution < 1.29 is 4.42 Å². The van der Waals surface area contributed by atoms with Crippen molar-refractivity contribution in [2.75, 3.05) is 0 Å². The van der Waals surface area contributed by atoms with Crippen LogP contribution in [0.2, 0.25) is 0 Å². The summed E-state index contributed by atoms with van der Waals surface area (Å²) in [5.41, 5.74) is 13.4. The number of aromatic nitrogens is 3. The summed E-state index contributed by atoms with van der Waals surface area (Å²) in [6.07, 6.45) is 0. The van der Waals surface area contributed by atoms with Gasteiger partial charge in [-0.15, -0.1) is 0 Å². The molecular weight excluding hydrogens is 697 g/mol. The van der Waals surface area contributed by atoms with Crippen molar-refractivity contribution in [3.05, 3.63) is 200 Å². The van der Waals surface area contributed by atoms with Crippen molar-refractivity contribution in [3.8, 4) is 84.7 Å². The summed E-state index contributed by atoms with van der Waals surface area (Å²) in [4.78, 5) is 15.0. The number of rotatable bonds is 7. The quantitative estimate of drug-likeness (QED) is 0.163. The van der Waals surface area contributed by atoms with Gasteiger partial charge in [-0.2, -0.15) is 5.26 Å². The molecule has 0 amide bonds. The Kier molecular flexibility index (Phi) is 8.48. The van der Waals surface area contributed by atoms with Gasteiger partial charge in [0.15, 0.2) is 17.5 Å². The molecule has 0 saturated heterocycles. The van der Waals surface area contributed by atoms with Crippen molar-refractivity contribution in [1.29, 1.82) is 5.26 Å². The minimum Gasteiger partial charge on any atom is -0.456 e. The molecule has 0 atom stereocenters. The number of fused-ring (bicyclic) bond motifs is 3. The average molecular weight is 729 g/mol. The second-order valence-electron chi connectivity index (χ2n) is 14.0. The third-order valence-corrected chi connectivity index (χ3v) is 10.4. The van der Waals surface area contributed by atoms with Crippen LogP contribution in [-0.2, 0) is 0 Å². The Morgan fingerprint density at radius 2 is 0.807 bits per heavy atom. The van der Waals surface area contributed by atoms with Crippen molar-refractivity contribution in [1.82, 2.24) is 15.0 Å². The molecule has 266 valence electrons. The fourth-order valence-corrected chi connectivity index (χ4v) is 7.50. The average Bonchev–Trinajstić information content (AvgIpc) is 3.68. The van der Waals surface area contributed by atoms with Crippen molar-refractivity contribution in [2.24, 2.45) is 0 Å². The highest BCUT2D eigenvalue weighted by molar-refractivity contribution is 6.13. The van der Waals surface area contributed by atoms with Crippen LogP contribution in [-0.4, -0.2) is 15.0 Å². The van der Waals surface area contributed by atoms with Crippen LogP contribution in [0.4, 0.5) is 0 Å². The first-order valence-corrected chi connectivity index (χ1v) is 18.8. The zero-order chi connectivity index (χ0) is 38.1. The number of nitrogens with zero attached hydrogens (tertiary/aromatic N) is 4. The van der Waals surface area contributed by atoms with Crippen LogP contribution in [0.15, 0.2) is 199 Å². The first-order chi connectivity index (χ1) is 28.2. The lowest BCUT2D eigenvalue weighted by Crippen LogP contribution is -2.00. The number of hydrogen-bond donors (Lipinski definition) is 0. The van der Waals surface area contributed by atoms with Gasteiger partial charge in [-0.3, -0.25) is 0 Å². The van der Waals surface area contributed by atoms with Crippen LogP contribution in [0, 0.1) is 11.3 Å². The van der Waals surface area contributed by atoms with E-state index in [0.29, 0.717) is 23.0 Å². The maximum absolute atomic E-state index is 9.83. The highest BCUT2D eigenvalue weighted by Crippen LogP contribution is 2.39. The number of benzene rings is 8. The molecule has 2 aromatic heterocycles. The predicted molar refractivity (Wildman–Crippen MR) is 230 cm³/mol. The molecule has 0 aliphatic heterocycles. The highest BCUT2D eigenvalue weighted by Gasteiger charge is 2.17. The van der Waals surface area contributed by atoms with Crippen LogP contribution in [0.25, 0.3) is 101 Å². The SMILES string of the molecule is N#Cc1cc(-c2ccccc2)cc(-c2ccc(-c3nc(-c4ccccc4)nc(-c4ccc5c(c4)oc4cccc(-c6ccc(-c7ccccc7)cc6)c45)n3)cc2)c1. The molecule has 57 heavy (non-hydrogen) atoms. The Labute approximate surface area is 329 Å². The number of furan rings is 1. The summed E-state index contributed by atoms with van der Waals surface area (Å²) in [6, 6.07) is 68.1. The molecule has 0 bridgehead atoms. The molecule has 5 heteroatoms. The summed E-state index contributed by atoms with van der Waals surface area (Å²) >= 11 is 0. The largest absolute Gasteiger partial charge is 0.456 e. The van der Waals surface area contributed by atoms with Crippen LogP contribution in [0.3, 0.4) is 0 Å². The van der Waals surface area contributed by atoms with Crippen LogP contribution >= 0.6 is 0 Å². The fraction of sp³-hybridized carbons (Fsp3) is 0. The minimum absolute atomic E-state index is 0.552. The van der Waals surface area contributed by atoms with Gasteiger partial charge in [0, 0.05) is 27.5 Å². The molecular formula is C52H32N4O. The standard InChI is InChI=1S/C52H32N4O/c53-33-34-29-43(36-13-6-2-7-14-36)31-44(30-34)38-21-25-41(26-22-38)51-54-50(40-15-8-3-9-16-40)55-52(56-51)42-27-28-46-48(32-42)57-47-18-10-17-45(49(46)47)39-23-19-37(20-24-39)35-11-4-1-5-12-35/h1-32H. The lowest BCUT2D eigenvalue weighted by atomic mass is 9.96. The number of nitriles is 1. The predicted octanol–water partition coefficient (Wildman–Crippen LogP) is 13.3.